The standard InChI is InChI=1S/C15H21N3O/c1-2-18-13-8-4-3-6-11(13)17-15(18)10-14(19)12-7-5-9-16-12/h3-4,6,8,12,14,16,19H,2,5,7,9-10H2,1H3. The molecule has 0 saturated carbocycles. The number of aromatic nitrogens is 2. The average Bonchev–Trinajstić information content (AvgIpc) is 3.05. The summed E-state index contributed by atoms with van der Waals surface area (Å²) in [4.78, 5) is 4.67. The Morgan fingerprint density at radius 1 is 1.47 bits per heavy atom. The third-order valence-electron chi connectivity index (χ3n) is 4.00. The third-order valence-corrected chi connectivity index (χ3v) is 4.00. The number of hydrogen-bond acceptors (Lipinski definition) is 3. The van der Waals surface area contributed by atoms with Gasteiger partial charge in [-0.2, -0.15) is 0 Å². The number of nitrogens with one attached hydrogen (secondary N) is 1. The Labute approximate surface area is 113 Å². The lowest BCUT2D eigenvalue weighted by molar-refractivity contribution is 0.133. The molecule has 0 spiro atoms. The first kappa shape index (κ1) is 12.6. The molecule has 1 aliphatic rings. The predicted octanol–water partition coefficient (Wildman–Crippen LogP) is 1.71. The van der Waals surface area contributed by atoms with E-state index in [0.717, 1.165) is 42.8 Å². The minimum atomic E-state index is -0.343. The lowest BCUT2D eigenvalue weighted by atomic mass is 10.1. The molecule has 3 rings (SSSR count). The van der Waals surface area contributed by atoms with Gasteiger partial charge in [0, 0.05) is 19.0 Å². The van der Waals surface area contributed by atoms with Gasteiger partial charge in [0.05, 0.1) is 17.1 Å². The average molecular weight is 259 g/mol. The van der Waals surface area contributed by atoms with Crippen LogP contribution >= 0.6 is 0 Å². The first-order valence-electron chi connectivity index (χ1n) is 7.15. The zero-order valence-electron chi connectivity index (χ0n) is 11.3. The normalized spacial score (nSPS) is 21.1. The van der Waals surface area contributed by atoms with Crippen molar-refractivity contribution in [1.82, 2.24) is 14.9 Å². The number of hydrogen-bond donors (Lipinski definition) is 2. The Morgan fingerprint density at radius 3 is 3.05 bits per heavy atom. The molecule has 1 aliphatic heterocycles. The fourth-order valence-corrected chi connectivity index (χ4v) is 3.00. The summed E-state index contributed by atoms with van der Waals surface area (Å²) in [5.74, 6) is 0.991. The van der Waals surface area contributed by atoms with Gasteiger partial charge in [-0.15, -0.1) is 0 Å². The lowest BCUT2D eigenvalue weighted by Gasteiger charge is -2.18. The fraction of sp³-hybridized carbons (Fsp3) is 0.533. The number of para-hydroxylation sites is 2. The number of rotatable bonds is 4. The first-order valence-corrected chi connectivity index (χ1v) is 7.15. The molecular formula is C15H21N3O. The zero-order valence-corrected chi connectivity index (χ0v) is 11.3. The number of aliphatic hydroxyl groups is 1. The second kappa shape index (κ2) is 5.31. The SMILES string of the molecule is CCn1c(CC(O)C2CCCN2)nc2ccccc21. The van der Waals surface area contributed by atoms with Gasteiger partial charge in [-0.05, 0) is 38.4 Å². The molecule has 1 aromatic carbocycles. The van der Waals surface area contributed by atoms with Crippen LogP contribution in [-0.2, 0) is 13.0 Å². The van der Waals surface area contributed by atoms with Crippen LogP contribution in [0.4, 0.5) is 0 Å². The van der Waals surface area contributed by atoms with Crippen LogP contribution < -0.4 is 5.32 Å². The van der Waals surface area contributed by atoms with E-state index in [4.69, 9.17) is 0 Å². The van der Waals surface area contributed by atoms with E-state index in [9.17, 15) is 5.11 Å². The largest absolute Gasteiger partial charge is 0.391 e. The van der Waals surface area contributed by atoms with Crippen molar-refractivity contribution in [3.63, 3.8) is 0 Å². The molecule has 0 radical (unpaired) electrons. The summed E-state index contributed by atoms with van der Waals surface area (Å²) in [5.41, 5.74) is 2.18. The van der Waals surface area contributed by atoms with E-state index in [1.54, 1.807) is 0 Å². The van der Waals surface area contributed by atoms with E-state index in [0.29, 0.717) is 6.42 Å². The van der Waals surface area contributed by atoms with Crippen molar-refractivity contribution in [2.45, 2.75) is 44.9 Å². The number of benzene rings is 1. The number of aryl methyl sites for hydroxylation is 1. The van der Waals surface area contributed by atoms with Crippen molar-refractivity contribution in [3.05, 3.63) is 30.1 Å². The highest BCUT2D eigenvalue weighted by molar-refractivity contribution is 5.75. The minimum absolute atomic E-state index is 0.227. The van der Waals surface area contributed by atoms with Crippen LogP contribution in [0, 0.1) is 0 Å². The number of nitrogens with zero attached hydrogens (tertiary/aromatic N) is 2. The van der Waals surface area contributed by atoms with Crippen molar-refractivity contribution >= 4 is 11.0 Å². The Balaban J connectivity index is 1.87. The summed E-state index contributed by atoms with van der Waals surface area (Å²) in [5, 5.41) is 13.7. The molecule has 2 unspecified atom stereocenters. The highest BCUT2D eigenvalue weighted by Crippen LogP contribution is 2.19. The monoisotopic (exact) mass is 259 g/mol. The Bertz CT molecular complexity index is 558. The molecule has 0 amide bonds. The van der Waals surface area contributed by atoms with Crippen LogP contribution in [0.3, 0.4) is 0 Å². The predicted molar refractivity (Wildman–Crippen MR) is 76.1 cm³/mol. The molecular weight excluding hydrogens is 238 g/mol. The molecule has 0 bridgehead atoms. The molecule has 19 heavy (non-hydrogen) atoms. The van der Waals surface area contributed by atoms with E-state index < -0.39 is 0 Å². The lowest BCUT2D eigenvalue weighted by Crippen LogP contribution is -2.36. The Morgan fingerprint density at radius 2 is 2.32 bits per heavy atom. The summed E-state index contributed by atoms with van der Waals surface area (Å²) in [6.07, 6.45) is 2.50. The van der Waals surface area contributed by atoms with E-state index in [-0.39, 0.29) is 12.1 Å². The van der Waals surface area contributed by atoms with Gasteiger partial charge >= 0.3 is 0 Å². The van der Waals surface area contributed by atoms with Crippen LogP contribution in [0.2, 0.25) is 0 Å². The highest BCUT2D eigenvalue weighted by atomic mass is 16.3. The van der Waals surface area contributed by atoms with Gasteiger partial charge < -0.3 is 15.0 Å². The first-order chi connectivity index (χ1) is 9.29. The van der Waals surface area contributed by atoms with E-state index in [1.165, 1.54) is 0 Å². The second-order valence-corrected chi connectivity index (χ2v) is 5.24. The Kier molecular flexibility index (Phi) is 3.53. The molecule has 2 heterocycles. The highest BCUT2D eigenvalue weighted by Gasteiger charge is 2.24. The van der Waals surface area contributed by atoms with Gasteiger partial charge in [-0.25, -0.2) is 4.98 Å². The van der Waals surface area contributed by atoms with Crippen molar-refractivity contribution in [2.75, 3.05) is 6.54 Å². The molecule has 1 aromatic heterocycles. The number of aliphatic hydroxyl groups excluding tert-OH is 1. The van der Waals surface area contributed by atoms with E-state index in [1.807, 2.05) is 18.2 Å². The van der Waals surface area contributed by atoms with E-state index in [2.05, 4.69) is 27.9 Å². The molecule has 1 fully saturated rings. The van der Waals surface area contributed by atoms with Crippen molar-refractivity contribution in [1.29, 1.82) is 0 Å². The van der Waals surface area contributed by atoms with Crippen molar-refractivity contribution in [3.8, 4) is 0 Å². The molecule has 4 heteroatoms. The van der Waals surface area contributed by atoms with Crippen molar-refractivity contribution < 1.29 is 5.11 Å². The minimum Gasteiger partial charge on any atom is -0.391 e. The van der Waals surface area contributed by atoms with E-state index >= 15 is 0 Å². The maximum atomic E-state index is 10.3. The summed E-state index contributed by atoms with van der Waals surface area (Å²) in [6, 6.07) is 8.40. The Hall–Kier alpha value is -1.39. The quantitative estimate of drug-likeness (QED) is 0.879. The molecule has 0 aliphatic carbocycles. The van der Waals surface area contributed by atoms with Gasteiger partial charge in [-0.3, -0.25) is 0 Å². The van der Waals surface area contributed by atoms with Gasteiger partial charge in [-0.1, -0.05) is 12.1 Å². The summed E-state index contributed by atoms with van der Waals surface area (Å²) < 4.78 is 2.20. The van der Waals surface area contributed by atoms with Gasteiger partial charge in [0.25, 0.3) is 0 Å². The number of imidazole rings is 1. The summed E-state index contributed by atoms with van der Waals surface area (Å²) >= 11 is 0. The fourth-order valence-electron chi connectivity index (χ4n) is 3.00. The van der Waals surface area contributed by atoms with Crippen molar-refractivity contribution in [2.24, 2.45) is 0 Å². The van der Waals surface area contributed by atoms with Gasteiger partial charge in [0.1, 0.15) is 5.82 Å². The van der Waals surface area contributed by atoms with Crippen LogP contribution in [0.15, 0.2) is 24.3 Å². The molecule has 2 aromatic rings. The van der Waals surface area contributed by atoms with Gasteiger partial charge in [0.15, 0.2) is 0 Å². The number of fused-ring (bicyclic) bond motifs is 1. The van der Waals surface area contributed by atoms with Crippen LogP contribution in [0.25, 0.3) is 11.0 Å². The van der Waals surface area contributed by atoms with Crippen LogP contribution in [0.1, 0.15) is 25.6 Å². The summed E-state index contributed by atoms with van der Waals surface area (Å²) in [7, 11) is 0. The molecule has 2 N–H and O–H groups in total. The molecule has 1 saturated heterocycles. The second-order valence-electron chi connectivity index (χ2n) is 5.24. The topological polar surface area (TPSA) is 50.1 Å². The zero-order chi connectivity index (χ0) is 13.2. The van der Waals surface area contributed by atoms with Crippen LogP contribution in [0.5, 0.6) is 0 Å². The van der Waals surface area contributed by atoms with Gasteiger partial charge in [0.2, 0.25) is 0 Å². The maximum absolute atomic E-state index is 10.3. The molecule has 102 valence electrons. The third kappa shape index (κ3) is 2.38. The molecule has 2 atom stereocenters. The summed E-state index contributed by atoms with van der Waals surface area (Å²) in [6.45, 7) is 4.03. The smallest absolute Gasteiger partial charge is 0.112 e. The molecule has 4 nitrogen and oxygen atoms in total. The van der Waals surface area contributed by atoms with Crippen LogP contribution in [-0.4, -0.2) is 33.3 Å². The maximum Gasteiger partial charge on any atom is 0.112 e.